The van der Waals surface area contributed by atoms with Gasteiger partial charge in [-0.15, -0.1) is 0 Å². The zero-order chi connectivity index (χ0) is 19.9. The van der Waals surface area contributed by atoms with Crippen molar-refractivity contribution in [1.29, 1.82) is 0 Å². The first-order valence-corrected chi connectivity index (χ1v) is 10.3. The number of aryl methyl sites for hydroxylation is 1. The quantitative estimate of drug-likeness (QED) is 0.652. The highest BCUT2D eigenvalue weighted by Gasteiger charge is 2.37. The number of halogens is 2. The minimum atomic E-state index is -3.91. The van der Waals surface area contributed by atoms with Gasteiger partial charge in [0.15, 0.2) is 5.03 Å². The summed E-state index contributed by atoms with van der Waals surface area (Å²) in [5.74, 6) is -0.724. The van der Waals surface area contributed by atoms with Crippen LogP contribution in [0, 0.1) is 5.82 Å². The van der Waals surface area contributed by atoms with E-state index >= 15 is 0 Å². The number of hydrazone groups is 1. The van der Waals surface area contributed by atoms with Crippen LogP contribution in [0.4, 0.5) is 4.39 Å². The van der Waals surface area contributed by atoms with Gasteiger partial charge in [0.2, 0.25) is 0 Å². The molecule has 4 rings (SSSR count). The van der Waals surface area contributed by atoms with Crippen LogP contribution in [0.3, 0.4) is 0 Å². The predicted molar refractivity (Wildman–Crippen MR) is 104 cm³/mol. The summed E-state index contributed by atoms with van der Waals surface area (Å²) in [6.45, 7) is 0.0897. The summed E-state index contributed by atoms with van der Waals surface area (Å²) in [6, 6.07) is 13.0. The summed E-state index contributed by atoms with van der Waals surface area (Å²) < 4.78 is 41.9. The maximum atomic E-state index is 13.4. The van der Waals surface area contributed by atoms with Gasteiger partial charge < -0.3 is 4.57 Å². The highest BCUT2D eigenvalue weighted by atomic mass is 35.5. The van der Waals surface area contributed by atoms with Crippen LogP contribution in [-0.4, -0.2) is 34.6 Å². The lowest BCUT2D eigenvalue weighted by molar-refractivity contribution is 0.449. The van der Waals surface area contributed by atoms with Gasteiger partial charge in [-0.3, -0.25) is 0 Å². The summed E-state index contributed by atoms with van der Waals surface area (Å²) in [5.41, 5.74) is 2.02. The van der Waals surface area contributed by atoms with Crippen LogP contribution in [0.1, 0.15) is 17.0 Å². The maximum Gasteiger partial charge on any atom is 0.298 e. The second-order valence-corrected chi connectivity index (χ2v) is 8.71. The maximum absolute atomic E-state index is 13.4. The number of nitrogens with zero attached hydrogens (tertiary/aromatic N) is 4. The largest absolute Gasteiger partial charge is 0.339 e. The zero-order valence-corrected chi connectivity index (χ0v) is 16.4. The third-order valence-electron chi connectivity index (χ3n) is 4.50. The molecule has 9 heteroatoms. The second-order valence-electron chi connectivity index (χ2n) is 6.49. The van der Waals surface area contributed by atoms with Gasteiger partial charge in [0.25, 0.3) is 10.0 Å². The van der Waals surface area contributed by atoms with Crippen molar-refractivity contribution in [3.8, 4) is 0 Å². The minimum Gasteiger partial charge on any atom is -0.339 e. The van der Waals surface area contributed by atoms with E-state index in [4.69, 9.17) is 11.6 Å². The molecule has 0 spiro atoms. The number of benzene rings is 2. The highest BCUT2D eigenvalue weighted by Crippen LogP contribution is 2.32. The second kappa shape index (κ2) is 7.03. The van der Waals surface area contributed by atoms with Gasteiger partial charge in [-0.25, -0.2) is 9.37 Å². The number of imidazole rings is 1. The van der Waals surface area contributed by atoms with Crippen molar-refractivity contribution < 1.29 is 12.8 Å². The molecule has 1 aliphatic heterocycles. The molecule has 0 radical (unpaired) electrons. The lowest BCUT2D eigenvalue weighted by atomic mass is 9.91. The van der Waals surface area contributed by atoms with Crippen molar-refractivity contribution in [1.82, 2.24) is 14.0 Å². The Kier molecular flexibility index (Phi) is 4.68. The van der Waals surface area contributed by atoms with Gasteiger partial charge in [-0.2, -0.15) is 17.9 Å². The summed E-state index contributed by atoms with van der Waals surface area (Å²) in [4.78, 5) is 3.95. The Bertz CT molecular complexity index is 1160. The van der Waals surface area contributed by atoms with E-state index in [1.54, 1.807) is 41.9 Å². The Balaban J connectivity index is 1.79. The van der Waals surface area contributed by atoms with Crippen LogP contribution in [0.15, 0.2) is 71.2 Å². The summed E-state index contributed by atoms with van der Waals surface area (Å²) in [5, 5.41) is 4.84. The molecule has 28 heavy (non-hydrogen) atoms. The van der Waals surface area contributed by atoms with Crippen molar-refractivity contribution in [2.75, 3.05) is 6.54 Å². The lowest BCUT2D eigenvalue weighted by Crippen LogP contribution is -2.26. The number of rotatable bonds is 4. The van der Waals surface area contributed by atoms with E-state index in [-0.39, 0.29) is 23.3 Å². The molecule has 2 aromatic carbocycles. The number of aromatic nitrogens is 2. The van der Waals surface area contributed by atoms with Crippen molar-refractivity contribution in [2.24, 2.45) is 12.1 Å². The Hall–Kier alpha value is -2.71. The molecule has 0 N–H and O–H groups in total. The average molecular weight is 419 g/mol. The highest BCUT2D eigenvalue weighted by molar-refractivity contribution is 7.89. The molecule has 0 fully saturated rings. The molecule has 0 amide bonds. The van der Waals surface area contributed by atoms with E-state index in [0.29, 0.717) is 16.3 Å². The van der Waals surface area contributed by atoms with Gasteiger partial charge in [0, 0.05) is 24.2 Å². The molecule has 2 heterocycles. The molecule has 1 unspecified atom stereocenters. The van der Waals surface area contributed by atoms with Crippen molar-refractivity contribution >= 4 is 27.3 Å². The molecule has 0 aliphatic carbocycles. The van der Waals surface area contributed by atoms with Gasteiger partial charge in [0.1, 0.15) is 5.82 Å². The van der Waals surface area contributed by atoms with Gasteiger partial charge in [-0.05, 0) is 35.4 Å². The molecular weight excluding hydrogens is 403 g/mol. The van der Waals surface area contributed by atoms with Crippen LogP contribution in [0.25, 0.3) is 0 Å². The van der Waals surface area contributed by atoms with Crippen molar-refractivity contribution in [3.63, 3.8) is 0 Å². The van der Waals surface area contributed by atoms with E-state index in [0.717, 1.165) is 9.98 Å². The predicted octanol–water partition coefficient (Wildman–Crippen LogP) is 3.41. The number of sulfonamides is 1. The number of hydrogen-bond donors (Lipinski definition) is 0. The smallest absolute Gasteiger partial charge is 0.298 e. The van der Waals surface area contributed by atoms with Crippen LogP contribution in [-0.2, 0) is 17.1 Å². The third-order valence-corrected chi connectivity index (χ3v) is 6.26. The van der Waals surface area contributed by atoms with Gasteiger partial charge in [-0.1, -0.05) is 35.9 Å². The SMILES string of the molecule is Cn1cnc(S(=O)(=O)N2CC(c3ccc(F)cc3)C(c3cccc(Cl)c3)=N2)c1. The first-order valence-electron chi connectivity index (χ1n) is 8.45. The van der Waals surface area contributed by atoms with Crippen molar-refractivity contribution in [3.05, 3.63) is 83.0 Å². The summed E-state index contributed by atoms with van der Waals surface area (Å²) in [6.07, 6.45) is 2.84. The summed E-state index contributed by atoms with van der Waals surface area (Å²) >= 11 is 6.11. The van der Waals surface area contributed by atoms with Gasteiger partial charge in [0.05, 0.1) is 18.6 Å². The molecule has 0 saturated carbocycles. The molecule has 1 aliphatic rings. The molecule has 1 atom stereocenters. The molecule has 144 valence electrons. The Morgan fingerprint density at radius 1 is 1.18 bits per heavy atom. The van der Waals surface area contributed by atoms with Crippen LogP contribution < -0.4 is 0 Å². The first kappa shape index (κ1) is 18.6. The molecule has 0 saturated heterocycles. The van der Waals surface area contributed by atoms with Gasteiger partial charge >= 0.3 is 0 Å². The monoisotopic (exact) mass is 418 g/mol. The molecule has 3 aromatic rings. The Labute approximate surface area is 166 Å². The van der Waals surface area contributed by atoms with Crippen LogP contribution >= 0.6 is 11.6 Å². The van der Waals surface area contributed by atoms with E-state index < -0.39 is 10.0 Å². The number of hydrogen-bond acceptors (Lipinski definition) is 4. The Morgan fingerprint density at radius 3 is 2.57 bits per heavy atom. The molecular formula is C19H16ClFN4O2S. The molecule has 1 aromatic heterocycles. The fraction of sp³-hybridized carbons (Fsp3) is 0.158. The van der Waals surface area contributed by atoms with Crippen LogP contribution in [0.2, 0.25) is 5.02 Å². The lowest BCUT2D eigenvalue weighted by Gasteiger charge is -2.15. The standard InChI is InChI=1S/C19H16ClFN4O2S/c1-24-11-18(22-12-24)28(26,27)25-10-17(13-5-7-16(21)8-6-13)19(23-25)14-3-2-4-15(20)9-14/h2-9,11-12,17H,10H2,1H3. The molecule has 6 nitrogen and oxygen atoms in total. The Morgan fingerprint density at radius 2 is 1.93 bits per heavy atom. The molecule has 0 bridgehead atoms. The fourth-order valence-corrected chi connectivity index (χ4v) is 4.55. The normalized spacial score (nSPS) is 17.0. The van der Waals surface area contributed by atoms with E-state index in [2.05, 4.69) is 10.1 Å². The fourth-order valence-electron chi connectivity index (χ4n) is 3.12. The van der Waals surface area contributed by atoms with E-state index in [1.165, 1.54) is 24.7 Å². The summed E-state index contributed by atoms with van der Waals surface area (Å²) in [7, 11) is -2.22. The minimum absolute atomic E-state index is 0.0797. The topological polar surface area (TPSA) is 67.6 Å². The zero-order valence-electron chi connectivity index (χ0n) is 14.8. The first-order chi connectivity index (χ1) is 13.3. The van der Waals surface area contributed by atoms with E-state index in [9.17, 15) is 12.8 Å². The van der Waals surface area contributed by atoms with Crippen LogP contribution in [0.5, 0.6) is 0 Å². The average Bonchev–Trinajstić information content (AvgIpc) is 3.30. The third kappa shape index (κ3) is 3.41. The van der Waals surface area contributed by atoms with E-state index in [1.807, 2.05) is 6.07 Å². The van der Waals surface area contributed by atoms with Crippen molar-refractivity contribution in [2.45, 2.75) is 10.9 Å².